The van der Waals surface area contributed by atoms with E-state index in [1.807, 2.05) is 45.2 Å². The first kappa shape index (κ1) is 10.6. The predicted octanol–water partition coefficient (Wildman–Crippen LogP) is 2.14. The van der Waals surface area contributed by atoms with Crippen LogP contribution in [0.15, 0.2) is 29.3 Å². The summed E-state index contributed by atoms with van der Waals surface area (Å²) in [6.07, 6.45) is 1.61. The molecule has 1 aromatic carbocycles. The van der Waals surface area contributed by atoms with Crippen LogP contribution in [0, 0.1) is 0 Å². The molecule has 0 N–H and O–H groups in total. The fourth-order valence-corrected chi connectivity index (χ4v) is 1.83. The number of isocyanates is 1. The molecule has 0 aliphatic carbocycles. The molecule has 2 aromatic rings. The monoisotopic (exact) mass is 215 g/mol. The normalized spacial score (nSPS) is 11.4. The smallest absolute Gasteiger partial charge is 0.235 e. The van der Waals surface area contributed by atoms with Gasteiger partial charge in [0.15, 0.2) is 0 Å². The molecular weight excluding hydrogens is 202 g/mol. The summed E-state index contributed by atoms with van der Waals surface area (Å²) in [4.78, 5) is 14.2. The zero-order valence-electron chi connectivity index (χ0n) is 9.56. The van der Waals surface area contributed by atoms with Crippen molar-refractivity contribution in [3.63, 3.8) is 0 Å². The van der Waals surface area contributed by atoms with Gasteiger partial charge in [0.1, 0.15) is 5.54 Å². The fourth-order valence-electron chi connectivity index (χ4n) is 1.83. The van der Waals surface area contributed by atoms with Gasteiger partial charge < -0.3 is 0 Å². The Morgan fingerprint density at radius 3 is 2.75 bits per heavy atom. The summed E-state index contributed by atoms with van der Waals surface area (Å²) in [5.74, 6) is 0. The van der Waals surface area contributed by atoms with Crippen molar-refractivity contribution in [2.45, 2.75) is 19.4 Å². The van der Waals surface area contributed by atoms with Gasteiger partial charge in [-0.1, -0.05) is 18.2 Å². The molecule has 0 fully saturated rings. The lowest BCUT2D eigenvalue weighted by atomic mass is 9.98. The maximum atomic E-state index is 10.4. The van der Waals surface area contributed by atoms with Crippen LogP contribution < -0.4 is 0 Å². The number of nitrogens with zero attached hydrogens (tertiary/aromatic N) is 3. The summed E-state index contributed by atoms with van der Waals surface area (Å²) < 4.78 is 1.80. The fraction of sp³-hybridized carbons (Fsp3) is 0.333. The van der Waals surface area contributed by atoms with Gasteiger partial charge in [0.2, 0.25) is 6.08 Å². The number of aliphatic imine (C=N–C) groups is 1. The van der Waals surface area contributed by atoms with E-state index in [1.165, 1.54) is 0 Å². The van der Waals surface area contributed by atoms with Crippen LogP contribution in [0.1, 0.15) is 19.5 Å². The molecule has 0 unspecified atom stereocenters. The van der Waals surface area contributed by atoms with E-state index in [9.17, 15) is 4.79 Å². The molecule has 0 aliphatic heterocycles. The van der Waals surface area contributed by atoms with Gasteiger partial charge in [-0.15, -0.1) is 0 Å². The highest BCUT2D eigenvalue weighted by atomic mass is 16.1. The molecule has 0 aliphatic rings. The molecule has 2 rings (SSSR count). The molecule has 0 amide bonds. The average Bonchev–Trinajstić information content (AvgIpc) is 2.58. The third kappa shape index (κ3) is 1.53. The van der Waals surface area contributed by atoms with Gasteiger partial charge >= 0.3 is 0 Å². The van der Waals surface area contributed by atoms with Crippen molar-refractivity contribution in [1.29, 1.82) is 0 Å². The summed E-state index contributed by atoms with van der Waals surface area (Å²) in [5.41, 5.74) is 1.20. The topological polar surface area (TPSA) is 47.2 Å². The first-order valence-electron chi connectivity index (χ1n) is 5.07. The van der Waals surface area contributed by atoms with Crippen molar-refractivity contribution < 1.29 is 4.79 Å². The van der Waals surface area contributed by atoms with Crippen molar-refractivity contribution in [3.05, 3.63) is 30.0 Å². The molecular formula is C12H13N3O. The Morgan fingerprint density at radius 2 is 2.06 bits per heavy atom. The van der Waals surface area contributed by atoms with Crippen LogP contribution in [-0.2, 0) is 17.4 Å². The van der Waals surface area contributed by atoms with Crippen molar-refractivity contribution in [2.75, 3.05) is 0 Å². The third-order valence-corrected chi connectivity index (χ3v) is 2.66. The van der Waals surface area contributed by atoms with E-state index >= 15 is 0 Å². The molecule has 0 atom stereocenters. The maximum Gasteiger partial charge on any atom is 0.235 e. The highest BCUT2D eigenvalue weighted by Gasteiger charge is 2.25. The Hall–Kier alpha value is -1.93. The number of carbonyl (C=O) groups excluding carboxylic acids is 1. The first-order chi connectivity index (χ1) is 7.56. The molecule has 82 valence electrons. The quantitative estimate of drug-likeness (QED) is 0.569. The molecule has 0 radical (unpaired) electrons. The van der Waals surface area contributed by atoms with E-state index in [1.54, 1.807) is 10.8 Å². The number of para-hydroxylation sites is 1. The lowest BCUT2D eigenvalue weighted by Gasteiger charge is -2.14. The molecule has 1 heterocycles. The van der Waals surface area contributed by atoms with Crippen molar-refractivity contribution in [1.82, 2.24) is 9.78 Å². The van der Waals surface area contributed by atoms with Crippen LogP contribution in [0.4, 0.5) is 0 Å². The Labute approximate surface area is 93.6 Å². The summed E-state index contributed by atoms with van der Waals surface area (Å²) in [7, 11) is 1.88. The zero-order chi connectivity index (χ0) is 11.8. The Kier molecular flexibility index (Phi) is 2.37. The minimum atomic E-state index is -0.636. The molecule has 4 heteroatoms. The van der Waals surface area contributed by atoms with Gasteiger partial charge in [-0.05, 0) is 19.9 Å². The highest BCUT2D eigenvalue weighted by molar-refractivity contribution is 5.82. The maximum absolute atomic E-state index is 10.4. The van der Waals surface area contributed by atoms with Crippen molar-refractivity contribution >= 4 is 17.0 Å². The number of benzene rings is 1. The Morgan fingerprint density at radius 1 is 1.38 bits per heavy atom. The largest absolute Gasteiger partial charge is 0.268 e. The SMILES string of the molecule is Cn1nc(C(C)(C)N=C=O)c2ccccc21. The second-order valence-corrected chi connectivity index (χ2v) is 4.25. The summed E-state index contributed by atoms with van der Waals surface area (Å²) in [5, 5.41) is 5.45. The van der Waals surface area contributed by atoms with Crippen LogP contribution in [-0.4, -0.2) is 15.9 Å². The van der Waals surface area contributed by atoms with Crippen LogP contribution >= 0.6 is 0 Å². The van der Waals surface area contributed by atoms with E-state index < -0.39 is 5.54 Å². The third-order valence-electron chi connectivity index (χ3n) is 2.66. The predicted molar refractivity (Wildman–Crippen MR) is 61.9 cm³/mol. The molecule has 4 nitrogen and oxygen atoms in total. The van der Waals surface area contributed by atoms with Crippen LogP contribution in [0.2, 0.25) is 0 Å². The average molecular weight is 215 g/mol. The molecule has 16 heavy (non-hydrogen) atoms. The van der Waals surface area contributed by atoms with E-state index in [-0.39, 0.29) is 0 Å². The number of hydrogen-bond donors (Lipinski definition) is 0. The lowest BCUT2D eigenvalue weighted by molar-refractivity contribution is 0.508. The number of fused-ring (bicyclic) bond motifs is 1. The number of rotatable bonds is 2. The van der Waals surface area contributed by atoms with E-state index in [4.69, 9.17) is 0 Å². The van der Waals surface area contributed by atoms with Gasteiger partial charge in [0.25, 0.3) is 0 Å². The van der Waals surface area contributed by atoms with Crippen LogP contribution in [0.25, 0.3) is 10.9 Å². The zero-order valence-corrected chi connectivity index (χ0v) is 9.56. The molecule has 0 saturated heterocycles. The second-order valence-electron chi connectivity index (χ2n) is 4.25. The van der Waals surface area contributed by atoms with Gasteiger partial charge in [0, 0.05) is 12.4 Å². The summed E-state index contributed by atoms with van der Waals surface area (Å²) in [6.45, 7) is 3.71. The van der Waals surface area contributed by atoms with Gasteiger partial charge in [0.05, 0.1) is 11.2 Å². The Bertz CT molecular complexity index is 577. The number of aromatic nitrogens is 2. The summed E-state index contributed by atoms with van der Waals surface area (Å²) >= 11 is 0. The molecule has 0 bridgehead atoms. The van der Waals surface area contributed by atoms with Gasteiger partial charge in [-0.3, -0.25) is 4.68 Å². The van der Waals surface area contributed by atoms with Crippen LogP contribution in [0.5, 0.6) is 0 Å². The van der Waals surface area contributed by atoms with Crippen LogP contribution in [0.3, 0.4) is 0 Å². The molecule has 0 spiro atoms. The number of hydrogen-bond acceptors (Lipinski definition) is 3. The summed E-state index contributed by atoms with van der Waals surface area (Å²) in [6, 6.07) is 7.89. The van der Waals surface area contributed by atoms with Gasteiger partial charge in [-0.2, -0.15) is 10.1 Å². The minimum Gasteiger partial charge on any atom is -0.268 e. The highest BCUT2D eigenvalue weighted by Crippen LogP contribution is 2.29. The van der Waals surface area contributed by atoms with E-state index in [2.05, 4.69) is 10.1 Å². The first-order valence-corrected chi connectivity index (χ1v) is 5.07. The van der Waals surface area contributed by atoms with E-state index in [0.29, 0.717) is 0 Å². The second kappa shape index (κ2) is 3.58. The van der Waals surface area contributed by atoms with E-state index in [0.717, 1.165) is 16.6 Å². The van der Waals surface area contributed by atoms with Crippen molar-refractivity contribution in [3.8, 4) is 0 Å². The number of aryl methyl sites for hydroxylation is 1. The van der Waals surface area contributed by atoms with Gasteiger partial charge in [-0.25, -0.2) is 4.79 Å². The molecule has 0 saturated carbocycles. The minimum absolute atomic E-state index is 0.636. The molecule has 1 aromatic heterocycles. The Balaban J connectivity index is 2.75. The van der Waals surface area contributed by atoms with Crippen molar-refractivity contribution in [2.24, 2.45) is 12.0 Å². The lowest BCUT2D eigenvalue weighted by Crippen LogP contribution is -2.15. The standard InChI is InChI=1S/C12H13N3O/c1-12(2,13-8-16)11-9-6-4-5-7-10(9)15(3)14-11/h4-7H,1-3H3.